The third kappa shape index (κ3) is 4.37. The molecular weight excluding hydrogens is 453 g/mol. The van der Waals surface area contributed by atoms with Crippen LogP contribution in [0, 0.1) is 5.82 Å². The molecule has 0 aliphatic carbocycles. The van der Waals surface area contributed by atoms with Crippen molar-refractivity contribution in [3.05, 3.63) is 94.8 Å². The SMILES string of the molecule is CC(=O)N1N=C(c2ccccc2NS(=O)(=O)c2ccccc2)C[C@H]1c1ccc(Cl)c(F)c1. The standard InChI is InChI=1S/C23H19ClFN3O3S/c1-15(29)28-23(16-11-12-19(24)20(25)13-16)14-22(26-28)18-9-5-6-10-21(18)27-32(30,31)17-7-3-2-4-8-17/h2-13,23,27H,14H2,1H3/t23-/m0/s1. The lowest BCUT2D eigenvalue weighted by molar-refractivity contribution is -0.130. The van der Waals surface area contributed by atoms with Crippen molar-refractivity contribution in [1.29, 1.82) is 0 Å². The van der Waals surface area contributed by atoms with Gasteiger partial charge in [0.15, 0.2) is 0 Å². The number of benzene rings is 3. The van der Waals surface area contributed by atoms with Crippen LogP contribution in [0.2, 0.25) is 5.02 Å². The first kappa shape index (κ1) is 22.0. The van der Waals surface area contributed by atoms with Crippen molar-refractivity contribution in [2.75, 3.05) is 4.72 Å². The molecule has 1 aliphatic heterocycles. The van der Waals surface area contributed by atoms with Crippen LogP contribution in [0.5, 0.6) is 0 Å². The summed E-state index contributed by atoms with van der Waals surface area (Å²) in [5.41, 5.74) is 1.92. The fourth-order valence-electron chi connectivity index (χ4n) is 3.57. The lowest BCUT2D eigenvalue weighted by atomic mass is 9.97. The monoisotopic (exact) mass is 471 g/mol. The molecule has 0 fully saturated rings. The van der Waals surface area contributed by atoms with Crippen LogP contribution in [-0.2, 0) is 14.8 Å². The fourth-order valence-corrected chi connectivity index (χ4v) is 4.79. The molecule has 32 heavy (non-hydrogen) atoms. The van der Waals surface area contributed by atoms with E-state index in [1.165, 1.54) is 36.2 Å². The van der Waals surface area contributed by atoms with Gasteiger partial charge in [-0.05, 0) is 35.9 Å². The molecule has 0 unspecified atom stereocenters. The molecule has 164 valence electrons. The number of para-hydroxylation sites is 1. The Morgan fingerprint density at radius 3 is 2.47 bits per heavy atom. The largest absolute Gasteiger partial charge is 0.279 e. The van der Waals surface area contributed by atoms with Gasteiger partial charge in [0, 0.05) is 18.9 Å². The molecule has 0 saturated heterocycles. The zero-order chi connectivity index (χ0) is 22.9. The Morgan fingerprint density at radius 2 is 1.78 bits per heavy atom. The number of carbonyl (C=O) groups is 1. The second-order valence-electron chi connectivity index (χ2n) is 7.27. The summed E-state index contributed by atoms with van der Waals surface area (Å²) in [7, 11) is -3.82. The summed E-state index contributed by atoms with van der Waals surface area (Å²) in [5.74, 6) is -0.903. The quantitative estimate of drug-likeness (QED) is 0.570. The van der Waals surface area contributed by atoms with Gasteiger partial charge in [0.25, 0.3) is 10.0 Å². The van der Waals surface area contributed by atoms with Crippen molar-refractivity contribution in [2.24, 2.45) is 5.10 Å². The molecule has 1 heterocycles. The molecular formula is C23H19ClFN3O3S. The van der Waals surface area contributed by atoms with E-state index in [0.29, 0.717) is 22.5 Å². The van der Waals surface area contributed by atoms with Crippen LogP contribution in [0.3, 0.4) is 0 Å². The summed E-state index contributed by atoms with van der Waals surface area (Å²) in [5, 5.41) is 5.71. The Kier molecular flexibility index (Phi) is 5.99. The summed E-state index contributed by atoms with van der Waals surface area (Å²) < 4.78 is 42.3. The number of nitrogens with one attached hydrogen (secondary N) is 1. The van der Waals surface area contributed by atoms with Gasteiger partial charge in [-0.1, -0.05) is 54.1 Å². The number of amides is 1. The van der Waals surface area contributed by atoms with Gasteiger partial charge in [-0.2, -0.15) is 5.10 Å². The molecule has 0 bridgehead atoms. The molecule has 6 nitrogen and oxygen atoms in total. The van der Waals surface area contributed by atoms with Crippen LogP contribution in [0.4, 0.5) is 10.1 Å². The summed E-state index contributed by atoms with van der Waals surface area (Å²) in [4.78, 5) is 12.4. The van der Waals surface area contributed by atoms with Crippen molar-refractivity contribution in [3.8, 4) is 0 Å². The van der Waals surface area contributed by atoms with E-state index in [4.69, 9.17) is 11.6 Å². The van der Waals surface area contributed by atoms with Crippen LogP contribution in [0.1, 0.15) is 30.5 Å². The fraction of sp³-hybridized carbons (Fsp3) is 0.130. The second kappa shape index (κ2) is 8.72. The van der Waals surface area contributed by atoms with Crippen LogP contribution in [0.15, 0.2) is 82.8 Å². The number of hydrazone groups is 1. The third-order valence-electron chi connectivity index (χ3n) is 5.10. The first-order valence-electron chi connectivity index (χ1n) is 9.76. The van der Waals surface area contributed by atoms with Crippen molar-refractivity contribution in [1.82, 2.24) is 5.01 Å². The number of hydrogen-bond donors (Lipinski definition) is 1. The molecule has 1 aliphatic rings. The summed E-state index contributed by atoms with van der Waals surface area (Å²) >= 11 is 5.79. The van der Waals surface area contributed by atoms with E-state index in [1.807, 2.05) is 0 Å². The smallest absolute Gasteiger partial charge is 0.261 e. The van der Waals surface area contributed by atoms with Gasteiger partial charge < -0.3 is 0 Å². The molecule has 1 amide bonds. The Morgan fingerprint density at radius 1 is 1.09 bits per heavy atom. The van der Waals surface area contributed by atoms with Crippen LogP contribution < -0.4 is 4.72 Å². The van der Waals surface area contributed by atoms with Gasteiger partial charge in [0.05, 0.1) is 27.4 Å². The van der Waals surface area contributed by atoms with E-state index in [0.717, 1.165) is 0 Å². The van der Waals surface area contributed by atoms with Crippen LogP contribution in [0.25, 0.3) is 0 Å². The first-order valence-corrected chi connectivity index (χ1v) is 11.6. The Hall–Kier alpha value is -3.23. The minimum Gasteiger partial charge on any atom is -0.279 e. The molecule has 3 aromatic rings. The van der Waals surface area contributed by atoms with E-state index in [9.17, 15) is 17.6 Å². The molecule has 3 aromatic carbocycles. The topological polar surface area (TPSA) is 78.8 Å². The third-order valence-corrected chi connectivity index (χ3v) is 6.79. The normalized spacial score (nSPS) is 16.0. The molecule has 0 spiro atoms. The predicted octanol–water partition coefficient (Wildman–Crippen LogP) is 4.98. The number of rotatable bonds is 5. The number of anilines is 1. The first-order chi connectivity index (χ1) is 15.3. The van der Waals surface area contributed by atoms with E-state index >= 15 is 0 Å². The Labute approximate surface area is 190 Å². The zero-order valence-corrected chi connectivity index (χ0v) is 18.6. The maximum absolute atomic E-state index is 14.0. The van der Waals surface area contributed by atoms with E-state index < -0.39 is 21.9 Å². The van der Waals surface area contributed by atoms with E-state index in [-0.39, 0.29) is 22.2 Å². The van der Waals surface area contributed by atoms with Crippen molar-refractivity contribution in [2.45, 2.75) is 24.3 Å². The molecule has 1 N–H and O–H groups in total. The second-order valence-corrected chi connectivity index (χ2v) is 9.36. The van der Waals surface area contributed by atoms with Gasteiger partial charge >= 0.3 is 0 Å². The zero-order valence-electron chi connectivity index (χ0n) is 17.0. The van der Waals surface area contributed by atoms with E-state index in [1.54, 1.807) is 48.5 Å². The lowest BCUT2D eigenvalue weighted by Crippen LogP contribution is -2.24. The van der Waals surface area contributed by atoms with Gasteiger partial charge in [0.2, 0.25) is 5.91 Å². The number of nitrogens with zero attached hydrogens (tertiary/aromatic N) is 2. The summed E-state index contributed by atoms with van der Waals surface area (Å²) in [6.07, 6.45) is 0.282. The highest BCUT2D eigenvalue weighted by Crippen LogP contribution is 2.35. The minimum atomic E-state index is -3.82. The molecule has 1 atom stereocenters. The molecule has 9 heteroatoms. The highest BCUT2D eigenvalue weighted by molar-refractivity contribution is 7.92. The summed E-state index contributed by atoms with van der Waals surface area (Å²) in [6, 6.07) is 18.7. The highest BCUT2D eigenvalue weighted by atomic mass is 35.5. The van der Waals surface area contributed by atoms with Gasteiger partial charge in [-0.15, -0.1) is 0 Å². The maximum Gasteiger partial charge on any atom is 0.261 e. The lowest BCUT2D eigenvalue weighted by Gasteiger charge is -2.20. The Balaban J connectivity index is 1.69. The molecule has 0 radical (unpaired) electrons. The number of hydrogen-bond acceptors (Lipinski definition) is 4. The Bertz CT molecular complexity index is 1310. The van der Waals surface area contributed by atoms with Crippen LogP contribution >= 0.6 is 11.6 Å². The van der Waals surface area contributed by atoms with Gasteiger partial charge in [-0.3, -0.25) is 9.52 Å². The number of sulfonamides is 1. The van der Waals surface area contributed by atoms with Crippen molar-refractivity contribution >= 4 is 38.9 Å². The van der Waals surface area contributed by atoms with E-state index in [2.05, 4.69) is 9.82 Å². The van der Waals surface area contributed by atoms with Crippen molar-refractivity contribution < 1.29 is 17.6 Å². The van der Waals surface area contributed by atoms with Crippen LogP contribution in [-0.4, -0.2) is 25.0 Å². The maximum atomic E-state index is 14.0. The number of carbonyl (C=O) groups excluding carboxylic acids is 1. The predicted molar refractivity (Wildman–Crippen MR) is 122 cm³/mol. The molecule has 0 saturated carbocycles. The highest BCUT2D eigenvalue weighted by Gasteiger charge is 2.33. The molecule has 0 aromatic heterocycles. The molecule has 4 rings (SSSR count). The number of halogens is 2. The van der Waals surface area contributed by atoms with Gasteiger partial charge in [-0.25, -0.2) is 17.8 Å². The van der Waals surface area contributed by atoms with Crippen molar-refractivity contribution in [3.63, 3.8) is 0 Å². The van der Waals surface area contributed by atoms with Gasteiger partial charge in [0.1, 0.15) is 5.82 Å². The summed E-state index contributed by atoms with van der Waals surface area (Å²) in [6.45, 7) is 1.37. The average molecular weight is 472 g/mol. The average Bonchev–Trinajstić information content (AvgIpc) is 3.22. The minimum absolute atomic E-state index is 0.0112.